The van der Waals surface area contributed by atoms with E-state index in [1.165, 1.54) is 0 Å². The van der Waals surface area contributed by atoms with Gasteiger partial charge in [0.2, 0.25) is 5.95 Å². The van der Waals surface area contributed by atoms with Gasteiger partial charge in [0.05, 0.1) is 12.8 Å². The van der Waals surface area contributed by atoms with E-state index in [4.69, 9.17) is 4.42 Å². The van der Waals surface area contributed by atoms with Gasteiger partial charge in [0.1, 0.15) is 11.5 Å². The molecule has 0 aliphatic heterocycles. The van der Waals surface area contributed by atoms with Crippen LogP contribution in [0.1, 0.15) is 23.2 Å². The van der Waals surface area contributed by atoms with Crippen LogP contribution in [0.5, 0.6) is 0 Å². The van der Waals surface area contributed by atoms with E-state index < -0.39 is 0 Å². The first-order valence-corrected chi connectivity index (χ1v) is 7.74. The van der Waals surface area contributed by atoms with Gasteiger partial charge >= 0.3 is 0 Å². The minimum atomic E-state index is -0.265. The largest absolute Gasteiger partial charge is 0.467 e. The van der Waals surface area contributed by atoms with Crippen LogP contribution in [-0.4, -0.2) is 22.4 Å². The number of nitrogens with zero attached hydrogens (tertiary/aromatic N) is 3. The predicted molar refractivity (Wildman–Crippen MR) is 91.0 cm³/mol. The van der Waals surface area contributed by atoms with Gasteiger partial charge in [0, 0.05) is 18.4 Å². The number of hydrogen-bond donors (Lipinski definition) is 1. The Bertz CT molecular complexity index is 788. The highest BCUT2D eigenvalue weighted by Crippen LogP contribution is 2.21. The van der Waals surface area contributed by atoms with E-state index in [0.717, 1.165) is 5.69 Å². The molecule has 6 nitrogen and oxygen atoms in total. The quantitative estimate of drug-likeness (QED) is 0.755. The monoisotopic (exact) mass is 322 g/mol. The van der Waals surface area contributed by atoms with Gasteiger partial charge in [-0.3, -0.25) is 4.79 Å². The first-order chi connectivity index (χ1) is 11.8. The maximum Gasteiger partial charge on any atom is 0.270 e. The van der Waals surface area contributed by atoms with Gasteiger partial charge < -0.3 is 14.6 Å². The van der Waals surface area contributed by atoms with Crippen molar-refractivity contribution in [2.24, 2.45) is 0 Å². The smallest absolute Gasteiger partial charge is 0.270 e. The first kappa shape index (κ1) is 15.7. The summed E-state index contributed by atoms with van der Waals surface area (Å²) in [5.41, 5.74) is 1.30. The van der Waals surface area contributed by atoms with Crippen LogP contribution in [0, 0.1) is 0 Å². The normalized spacial score (nSPS) is 10.4. The van der Waals surface area contributed by atoms with Crippen LogP contribution in [0.15, 0.2) is 65.4 Å². The number of amides is 1. The Hall–Kier alpha value is -3.15. The molecule has 0 aliphatic rings. The van der Waals surface area contributed by atoms with Gasteiger partial charge in [-0.1, -0.05) is 18.2 Å². The molecule has 0 atom stereocenters. The molecule has 1 aromatic carbocycles. The lowest BCUT2D eigenvalue weighted by Gasteiger charge is -2.21. The van der Waals surface area contributed by atoms with Gasteiger partial charge in [0.15, 0.2) is 0 Å². The van der Waals surface area contributed by atoms with Crippen molar-refractivity contribution in [2.75, 3.05) is 11.4 Å². The molecule has 0 saturated carbocycles. The van der Waals surface area contributed by atoms with Crippen LogP contribution in [0.4, 0.5) is 11.6 Å². The molecule has 3 aromatic rings. The van der Waals surface area contributed by atoms with Gasteiger partial charge in [-0.05, 0) is 37.3 Å². The Morgan fingerprint density at radius 1 is 1.17 bits per heavy atom. The zero-order valence-corrected chi connectivity index (χ0v) is 13.3. The summed E-state index contributed by atoms with van der Waals surface area (Å²) in [5, 5.41) is 2.78. The average molecular weight is 322 g/mol. The summed E-state index contributed by atoms with van der Waals surface area (Å²) in [7, 11) is 0. The second-order valence-electron chi connectivity index (χ2n) is 5.08. The Morgan fingerprint density at radius 2 is 2.00 bits per heavy atom. The SMILES string of the molecule is CCN(c1ccccc1)c1nccc(C(=O)NCc2ccco2)n1. The Labute approximate surface area is 140 Å². The second-order valence-corrected chi connectivity index (χ2v) is 5.08. The maximum absolute atomic E-state index is 12.3. The molecule has 1 amide bonds. The van der Waals surface area contributed by atoms with Crippen molar-refractivity contribution in [1.82, 2.24) is 15.3 Å². The summed E-state index contributed by atoms with van der Waals surface area (Å²) < 4.78 is 5.20. The molecular formula is C18H18N4O2. The summed E-state index contributed by atoms with van der Waals surface area (Å²) in [5.74, 6) is 0.922. The van der Waals surface area contributed by atoms with Crippen LogP contribution >= 0.6 is 0 Å². The van der Waals surface area contributed by atoms with E-state index in [9.17, 15) is 4.79 Å². The number of nitrogens with one attached hydrogen (secondary N) is 1. The third-order valence-corrected chi connectivity index (χ3v) is 3.50. The Balaban J connectivity index is 1.76. The first-order valence-electron chi connectivity index (χ1n) is 7.74. The fourth-order valence-corrected chi connectivity index (χ4v) is 2.32. The number of aromatic nitrogens is 2. The number of para-hydroxylation sites is 1. The molecule has 0 fully saturated rings. The molecule has 2 heterocycles. The van der Waals surface area contributed by atoms with Crippen LogP contribution in [0.3, 0.4) is 0 Å². The molecule has 0 aliphatic carbocycles. The van der Waals surface area contributed by atoms with E-state index in [1.807, 2.05) is 42.2 Å². The molecule has 0 unspecified atom stereocenters. The number of benzene rings is 1. The zero-order chi connectivity index (χ0) is 16.8. The molecule has 24 heavy (non-hydrogen) atoms. The molecule has 1 N–H and O–H groups in total. The number of anilines is 2. The minimum Gasteiger partial charge on any atom is -0.467 e. The van der Waals surface area contributed by atoms with Crippen LogP contribution in [-0.2, 0) is 6.54 Å². The van der Waals surface area contributed by atoms with Crippen LogP contribution < -0.4 is 10.2 Å². The number of carbonyl (C=O) groups is 1. The van der Waals surface area contributed by atoms with E-state index in [2.05, 4.69) is 15.3 Å². The van der Waals surface area contributed by atoms with Crippen molar-refractivity contribution in [2.45, 2.75) is 13.5 Å². The summed E-state index contributed by atoms with van der Waals surface area (Å²) >= 11 is 0. The summed E-state index contributed by atoms with van der Waals surface area (Å²) in [4.78, 5) is 22.9. The lowest BCUT2D eigenvalue weighted by atomic mass is 10.3. The highest BCUT2D eigenvalue weighted by atomic mass is 16.3. The third kappa shape index (κ3) is 3.60. The number of rotatable bonds is 6. The van der Waals surface area contributed by atoms with Crippen molar-refractivity contribution in [3.8, 4) is 0 Å². The topological polar surface area (TPSA) is 71.3 Å². The predicted octanol–water partition coefficient (Wildman–Crippen LogP) is 3.16. The van der Waals surface area contributed by atoms with E-state index in [1.54, 1.807) is 30.7 Å². The number of hydrogen-bond acceptors (Lipinski definition) is 5. The Kier molecular flexibility index (Phi) is 4.86. The number of furan rings is 1. The summed E-state index contributed by atoms with van der Waals surface area (Å²) in [6.45, 7) is 3.03. The fourth-order valence-electron chi connectivity index (χ4n) is 2.32. The third-order valence-electron chi connectivity index (χ3n) is 3.50. The van der Waals surface area contributed by atoms with Crippen molar-refractivity contribution >= 4 is 17.5 Å². The molecule has 6 heteroatoms. The van der Waals surface area contributed by atoms with E-state index >= 15 is 0 Å². The summed E-state index contributed by atoms with van der Waals surface area (Å²) in [6, 6.07) is 15.0. The molecular weight excluding hydrogens is 304 g/mol. The minimum absolute atomic E-state index is 0.265. The molecule has 0 spiro atoms. The van der Waals surface area contributed by atoms with Gasteiger partial charge in [-0.25, -0.2) is 9.97 Å². The standard InChI is InChI=1S/C18H18N4O2/c1-2-22(14-7-4-3-5-8-14)18-19-11-10-16(21-18)17(23)20-13-15-9-6-12-24-15/h3-12H,2,13H2,1H3,(H,20,23). The van der Waals surface area contributed by atoms with E-state index in [-0.39, 0.29) is 5.91 Å². The van der Waals surface area contributed by atoms with Crippen LogP contribution in [0.25, 0.3) is 0 Å². The van der Waals surface area contributed by atoms with Gasteiger partial charge in [-0.2, -0.15) is 0 Å². The molecule has 0 bridgehead atoms. The van der Waals surface area contributed by atoms with Crippen molar-refractivity contribution in [3.63, 3.8) is 0 Å². The lowest BCUT2D eigenvalue weighted by Crippen LogP contribution is -2.25. The molecule has 0 saturated heterocycles. The molecule has 2 aromatic heterocycles. The van der Waals surface area contributed by atoms with Gasteiger partial charge in [-0.15, -0.1) is 0 Å². The zero-order valence-electron chi connectivity index (χ0n) is 13.3. The Morgan fingerprint density at radius 3 is 2.71 bits per heavy atom. The van der Waals surface area contributed by atoms with E-state index in [0.29, 0.717) is 30.5 Å². The molecule has 0 radical (unpaired) electrons. The molecule has 122 valence electrons. The van der Waals surface area contributed by atoms with Crippen molar-refractivity contribution in [3.05, 3.63) is 72.4 Å². The maximum atomic E-state index is 12.3. The molecule has 3 rings (SSSR count). The highest BCUT2D eigenvalue weighted by molar-refractivity contribution is 5.92. The number of carbonyl (C=O) groups excluding carboxylic acids is 1. The lowest BCUT2D eigenvalue weighted by molar-refractivity contribution is 0.0943. The van der Waals surface area contributed by atoms with Crippen molar-refractivity contribution < 1.29 is 9.21 Å². The van der Waals surface area contributed by atoms with Gasteiger partial charge in [0.25, 0.3) is 5.91 Å². The second kappa shape index (κ2) is 7.41. The average Bonchev–Trinajstić information content (AvgIpc) is 3.15. The van der Waals surface area contributed by atoms with Crippen molar-refractivity contribution in [1.29, 1.82) is 0 Å². The fraction of sp³-hybridized carbons (Fsp3) is 0.167. The van der Waals surface area contributed by atoms with Crippen LogP contribution in [0.2, 0.25) is 0 Å². The highest BCUT2D eigenvalue weighted by Gasteiger charge is 2.14. The summed E-state index contributed by atoms with van der Waals surface area (Å²) in [6.07, 6.45) is 3.17.